The standard InChI is InChI=1S/C40H56O4/c1-29(17-13-19-31(3)21-23-35-37(5,6)25-33(41)28-40(35,10)44)15-11-12-16-30(2)18-14-20-32(4)22-24-36(43)39(9)27-34(42)26-38(39,7)8/h11-22,24,33-34,41-42,44H,25-28H2,1-10H3. The van der Waals surface area contributed by atoms with E-state index in [2.05, 4.69) is 25.7 Å². The first-order chi connectivity index (χ1) is 20.3. The lowest BCUT2D eigenvalue weighted by molar-refractivity contribution is -0.127. The van der Waals surface area contributed by atoms with E-state index in [9.17, 15) is 20.1 Å². The first kappa shape index (κ1) is 37.2. The van der Waals surface area contributed by atoms with E-state index in [1.807, 2.05) is 115 Å². The van der Waals surface area contributed by atoms with Gasteiger partial charge in [0.05, 0.1) is 17.8 Å². The highest BCUT2D eigenvalue weighted by molar-refractivity contribution is 5.95. The number of hydrogen-bond acceptors (Lipinski definition) is 4. The quantitative estimate of drug-likeness (QED) is 0.133. The molecule has 4 nitrogen and oxygen atoms in total. The number of carbonyl (C=O) groups is 1. The van der Waals surface area contributed by atoms with Gasteiger partial charge in [0.15, 0.2) is 5.78 Å². The van der Waals surface area contributed by atoms with Crippen LogP contribution in [0.4, 0.5) is 0 Å². The summed E-state index contributed by atoms with van der Waals surface area (Å²) in [5, 5.41) is 31.1. The number of hydrogen-bond donors (Lipinski definition) is 3. The molecule has 0 aromatic carbocycles. The highest BCUT2D eigenvalue weighted by Gasteiger charge is 2.52. The van der Waals surface area contributed by atoms with Crippen molar-refractivity contribution < 1.29 is 20.1 Å². The topological polar surface area (TPSA) is 77.8 Å². The minimum Gasteiger partial charge on any atom is -0.393 e. The minimum atomic E-state index is -1.06. The summed E-state index contributed by atoms with van der Waals surface area (Å²) in [4.78, 5) is 12.9. The fourth-order valence-electron chi connectivity index (χ4n) is 6.38. The number of allylic oxidation sites excluding steroid dienone is 16. The number of aliphatic hydroxyl groups excluding tert-OH is 2. The van der Waals surface area contributed by atoms with Gasteiger partial charge in [0, 0.05) is 17.4 Å². The van der Waals surface area contributed by atoms with E-state index in [0.29, 0.717) is 25.7 Å². The molecule has 0 saturated heterocycles. The highest BCUT2D eigenvalue weighted by Crippen LogP contribution is 2.53. The normalized spacial score (nSPS) is 30.2. The van der Waals surface area contributed by atoms with Gasteiger partial charge in [0.2, 0.25) is 0 Å². The van der Waals surface area contributed by atoms with Crippen molar-refractivity contribution in [1.29, 1.82) is 0 Å². The van der Waals surface area contributed by atoms with Crippen molar-refractivity contribution in [3.05, 3.63) is 113 Å². The van der Waals surface area contributed by atoms with Crippen LogP contribution in [0.3, 0.4) is 0 Å². The zero-order chi connectivity index (χ0) is 33.3. The van der Waals surface area contributed by atoms with E-state index in [-0.39, 0.29) is 16.6 Å². The van der Waals surface area contributed by atoms with Gasteiger partial charge in [-0.1, -0.05) is 118 Å². The summed E-state index contributed by atoms with van der Waals surface area (Å²) < 4.78 is 0. The smallest absolute Gasteiger partial charge is 0.162 e. The molecule has 4 atom stereocenters. The Morgan fingerprint density at radius 2 is 1.14 bits per heavy atom. The zero-order valence-corrected chi connectivity index (χ0v) is 28.7. The summed E-state index contributed by atoms with van der Waals surface area (Å²) >= 11 is 0. The summed E-state index contributed by atoms with van der Waals surface area (Å²) in [7, 11) is 0. The van der Waals surface area contributed by atoms with Crippen LogP contribution in [-0.4, -0.2) is 38.9 Å². The maximum absolute atomic E-state index is 12.9. The number of aliphatic hydroxyl groups is 3. The van der Waals surface area contributed by atoms with E-state index in [1.165, 1.54) is 0 Å². The second-order valence-corrected chi connectivity index (χ2v) is 14.6. The molecule has 2 saturated carbocycles. The molecule has 44 heavy (non-hydrogen) atoms. The SMILES string of the molecule is CC(C=C=C1C(C)(C)CC(O)CC1(C)O)=CC=CC(C)=CC=CC=C(C)C=CC=C(C)C=CC(=O)C1(C)CC(O)CC1(C)C. The van der Waals surface area contributed by atoms with E-state index in [4.69, 9.17) is 0 Å². The van der Waals surface area contributed by atoms with Crippen LogP contribution in [0.25, 0.3) is 0 Å². The fraction of sp³-hybridized carbons (Fsp3) is 0.500. The summed E-state index contributed by atoms with van der Waals surface area (Å²) in [6.07, 6.45) is 26.8. The third-order valence-corrected chi connectivity index (χ3v) is 9.23. The Bertz CT molecular complexity index is 1340. The Morgan fingerprint density at radius 1 is 0.659 bits per heavy atom. The largest absolute Gasteiger partial charge is 0.393 e. The molecule has 240 valence electrons. The number of carbonyl (C=O) groups excluding carboxylic acids is 1. The Kier molecular flexibility index (Phi) is 12.9. The van der Waals surface area contributed by atoms with E-state index < -0.39 is 23.2 Å². The Labute approximate surface area is 267 Å². The maximum atomic E-state index is 12.9. The van der Waals surface area contributed by atoms with Crippen LogP contribution in [0, 0.1) is 16.2 Å². The number of ketones is 1. The van der Waals surface area contributed by atoms with Gasteiger partial charge in [0.25, 0.3) is 0 Å². The van der Waals surface area contributed by atoms with Crippen molar-refractivity contribution in [3.63, 3.8) is 0 Å². The molecule has 2 aliphatic carbocycles. The average molecular weight is 601 g/mol. The van der Waals surface area contributed by atoms with E-state index in [0.717, 1.165) is 27.9 Å². The predicted octanol–water partition coefficient (Wildman–Crippen LogP) is 8.77. The van der Waals surface area contributed by atoms with Crippen LogP contribution in [-0.2, 0) is 4.79 Å². The molecule has 0 aromatic rings. The highest BCUT2D eigenvalue weighted by atomic mass is 16.3. The van der Waals surface area contributed by atoms with Gasteiger partial charge in [-0.2, -0.15) is 0 Å². The Balaban J connectivity index is 1.93. The molecule has 3 N–H and O–H groups in total. The molecule has 0 radical (unpaired) electrons. The second-order valence-electron chi connectivity index (χ2n) is 14.6. The molecule has 0 heterocycles. The molecule has 0 aliphatic heterocycles. The van der Waals surface area contributed by atoms with Crippen molar-refractivity contribution in [2.75, 3.05) is 0 Å². The molecule has 0 amide bonds. The summed E-state index contributed by atoms with van der Waals surface area (Å²) in [5.41, 5.74) is 6.26. The zero-order valence-electron chi connectivity index (χ0n) is 28.7. The van der Waals surface area contributed by atoms with Crippen LogP contribution >= 0.6 is 0 Å². The van der Waals surface area contributed by atoms with Crippen LogP contribution in [0.2, 0.25) is 0 Å². The molecule has 2 rings (SSSR count). The molecule has 2 aliphatic rings. The van der Waals surface area contributed by atoms with Gasteiger partial charge in [-0.15, -0.1) is 5.73 Å². The lowest BCUT2D eigenvalue weighted by atomic mass is 9.65. The Hall–Kier alpha value is -3.01. The third-order valence-electron chi connectivity index (χ3n) is 9.23. The molecular weight excluding hydrogens is 544 g/mol. The first-order valence-corrected chi connectivity index (χ1v) is 15.8. The monoisotopic (exact) mass is 600 g/mol. The first-order valence-electron chi connectivity index (χ1n) is 15.8. The summed E-state index contributed by atoms with van der Waals surface area (Å²) in [5.74, 6) is 0.0759. The van der Waals surface area contributed by atoms with Gasteiger partial charge in [-0.3, -0.25) is 4.79 Å². The van der Waals surface area contributed by atoms with Gasteiger partial charge in [0.1, 0.15) is 0 Å². The predicted molar refractivity (Wildman–Crippen MR) is 185 cm³/mol. The molecule has 2 fully saturated rings. The van der Waals surface area contributed by atoms with Crippen molar-refractivity contribution in [2.24, 2.45) is 16.2 Å². The molecule has 0 bridgehead atoms. The number of rotatable bonds is 10. The van der Waals surface area contributed by atoms with Crippen LogP contribution in [0.5, 0.6) is 0 Å². The third kappa shape index (κ3) is 10.6. The van der Waals surface area contributed by atoms with Gasteiger partial charge in [-0.25, -0.2) is 0 Å². The van der Waals surface area contributed by atoms with Crippen molar-refractivity contribution in [2.45, 2.75) is 113 Å². The van der Waals surface area contributed by atoms with Gasteiger partial charge < -0.3 is 15.3 Å². The van der Waals surface area contributed by atoms with Crippen LogP contribution in [0.1, 0.15) is 94.9 Å². The van der Waals surface area contributed by atoms with Gasteiger partial charge in [-0.05, 0) is 82.4 Å². The van der Waals surface area contributed by atoms with Gasteiger partial charge >= 0.3 is 0 Å². The van der Waals surface area contributed by atoms with E-state index >= 15 is 0 Å². The minimum absolute atomic E-state index is 0.0759. The Morgan fingerprint density at radius 3 is 1.64 bits per heavy atom. The molecule has 0 spiro atoms. The summed E-state index contributed by atoms with van der Waals surface area (Å²) in [6, 6.07) is 0. The fourth-order valence-corrected chi connectivity index (χ4v) is 6.38. The van der Waals surface area contributed by atoms with Crippen molar-refractivity contribution in [3.8, 4) is 0 Å². The average Bonchev–Trinajstić information content (AvgIpc) is 3.09. The lowest BCUT2D eigenvalue weighted by Gasteiger charge is -2.43. The van der Waals surface area contributed by atoms with Crippen molar-refractivity contribution in [1.82, 2.24) is 0 Å². The second kappa shape index (κ2) is 15.3. The van der Waals surface area contributed by atoms with Crippen LogP contribution in [0.15, 0.2) is 113 Å². The maximum Gasteiger partial charge on any atom is 0.162 e. The molecular formula is C40H56O4. The molecule has 4 unspecified atom stereocenters. The van der Waals surface area contributed by atoms with Crippen LogP contribution < -0.4 is 0 Å². The molecule has 4 heteroatoms. The van der Waals surface area contributed by atoms with Crippen molar-refractivity contribution >= 4 is 5.78 Å². The van der Waals surface area contributed by atoms with E-state index in [1.54, 1.807) is 13.0 Å². The molecule has 0 aromatic heterocycles. The summed E-state index contributed by atoms with van der Waals surface area (Å²) in [6.45, 7) is 20.0. The lowest BCUT2D eigenvalue weighted by Crippen LogP contribution is -2.45.